The Hall–Kier alpha value is -5.53. The Morgan fingerprint density at radius 2 is 1.02 bits per heavy atom. The summed E-state index contributed by atoms with van der Waals surface area (Å²) >= 11 is 0. The van der Waals surface area contributed by atoms with Gasteiger partial charge in [0.15, 0.2) is 0 Å². The smallest absolute Gasteiger partial charge is 0.374 e. The van der Waals surface area contributed by atoms with Crippen molar-refractivity contribution in [1.82, 2.24) is 5.32 Å². The van der Waals surface area contributed by atoms with E-state index < -0.39 is 54.7 Å². The maximum absolute atomic E-state index is 14.3. The van der Waals surface area contributed by atoms with E-state index in [1.807, 2.05) is 127 Å². The maximum atomic E-state index is 14.3. The molecule has 0 aromatic heterocycles. The molecule has 1 saturated carbocycles. The summed E-state index contributed by atoms with van der Waals surface area (Å²) in [5.74, 6) is -2.27. The molecule has 296 valence electrons. The van der Waals surface area contributed by atoms with Crippen molar-refractivity contribution in [2.45, 2.75) is 75.2 Å². The van der Waals surface area contributed by atoms with Crippen molar-refractivity contribution in [2.24, 2.45) is 5.11 Å². The Labute approximate surface area is 329 Å². The summed E-state index contributed by atoms with van der Waals surface area (Å²) in [7, 11) is 0. The number of rotatable bonds is 18. The van der Waals surface area contributed by atoms with Gasteiger partial charge < -0.3 is 29.0 Å². The summed E-state index contributed by atoms with van der Waals surface area (Å²) in [6.07, 6.45) is -9.06. The van der Waals surface area contributed by atoms with Gasteiger partial charge in [0, 0.05) is 4.91 Å². The molecule has 0 radical (unpaired) electrons. The van der Waals surface area contributed by atoms with Crippen molar-refractivity contribution >= 4 is 5.91 Å². The van der Waals surface area contributed by atoms with Gasteiger partial charge in [-0.1, -0.05) is 157 Å². The van der Waals surface area contributed by atoms with Crippen LogP contribution in [0.3, 0.4) is 0 Å². The molecule has 1 amide bonds. The van der Waals surface area contributed by atoms with E-state index in [1.165, 1.54) is 0 Å². The molecule has 10 nitrogen and oxygen atoms in total. The zero-order valence-corrected chi connectivity index (χ0v) is 31.0. The van der Waals surface area contributed by atoms with E-state index in [9.17, 15) is 23.5 Å². The summed E-state index contributed by atoms with van der Waals surface area (Å²) in [4.78, 5) is 16.2. The second-order valence-corrected chi connectivity index (χ2v) is 13.6. The number of nitrogens with zero attached hydrogens (tertiary/aromatic N) is 3. The number of halogens is 3. The zero-order valence-electron chi connectivity index (χ0n) is 31.0. The monoisotopic (exact) mass is 780 g/mol. The molecular weight excluding hydrogens is 738 g/mol. The Morgan fingerprint density at radius 1 is 0.614 bits per heavy atom. The predicted octanol–water partition coefficient (Wildman–Crippen LogP) is 8.65. The summed E-state index contributed by atoms with van der Waals surface area (Å²) in [5, 5.41) is 6.24. The van der Waals surface area contributed by atoms with Gasteiger partial charge in [-0.2, -0.15) is 13.2 Å². The molecule has 1 fully saturated rings. The first-order chi connectivity index (χ1) is 27.8. The van der Waals surface area contributed by atoms with E-state index in [4.69, 9.17) is 23.7 Å². The molecule has 6 atom stereocenters. The Bertz CT molecular complexity index is 2010. The normalized spacial score (nSPS) is 22.0. The largest absolute Gasteiger partial charge is 0.471 e. The lowest BCUT2D eigenvalue weighted by Crippen LogP contribution is -2.78. The minimum atomic E-state index is -5.32. The van der Waals surface area contributed by atoms with E-state index in [0.29, 0.717) is 5.56 Å². The number of ether oxygens (including phenoxy) is 5. The maximum Gasteiger partial charge on any atom is 0.471 e. The van der Waals surface area contributed by atoms with Crippen molar-refractivity contribution < 1.29 is 41.7 Å². The van der Waals surface area contributed by atoms with Crippen molar-refractivity contribution in [3.8, 4) is 0 Å². The molecule has 1 aliphatic rings. The zero-order chi connectivity index (χ0) is 39.9. The van der Waals surface area contributed by atoms with E-state index in [1.54, 1.807) is 24.3 Å². The highest BCUT2D eigenvalue weighted by Crippen LogP contribution is 2.42. The number of alkyl halides is 3. The van der Waals surface area contributed by atoms with Crippen LogP contribution in [0.2, 0.25) is 0 Å². The van der Waals surface area contributed by atoms with Crippen molar-refractivity contribution in [2.75, 3.05) is 6.61 Å². The van der Waals surface area contributed by atoms with Gasteiger partial charge in [-0.05, 0) is 33.3 Å². The Balaban J connectivity index is 1.53. The predicted molar refractivity (Wildman–Crippen MR) is 206 cm³/mol. The third kappa shape index (κ3) is 11.1. The minimum absolute atomic E-state index is 0.0180. The number of hydrogen-bond donors (Lipinski definition) is 1. The molecule has 0 heterocycles. The van der Waals surface area contributed by atoms with Crippen LogP contribution < -0.4 is 5.32 Å². The Morgan fingerprint density at radius 3 is 1.46 bits per heavy atom. The number of azide groups is 1. The average Bonchev–Trinajstić information content (AvgIpc) is 3.24. The van der Waals surface area contributed by atoms with Crippen LogP contribution in [-0.2, 0) is 61.5 Å². The molecule has 0 aliphatic heterocycles. The van der Waals surface area contributed by atoms with E-state index >= 15 is 0 Å². The standard InChI is InChI=1S/C44H43F3N4O6/c45-44(46,47)42(52)49-40-37(50-51-48)38(54-27-33-18-8-2-9-19-33)39(55-28-34-20-10-3-11-21-34)41(56-29-35-22-12-4-13-23-35)43(40,57-30-36-24-14-5-15-25-36)31-53-26-32-16-6-1-7-17-32/h1-25,37-41H,26-31H2,(H,49,52)/t37-,38-,39+,40+,41-,43+/m0/s1. The number of nitrogens with one attached hydrogen (secondary N) is 1. The van der Waals surface area contributed by atoms with Gasteiger partial charge in [-0.25, -0.2) is 0 Å². The highest BCUT2D eigenvalue weighted by atomic mass is 19.4. The van der Waals surface area contributed by atoms with Crippen LogP contribution in [0.15, 0.2) is 157 Å². The fourth-order valence-electron chi connectivity index (χ4n) is 6.91. The first-order valence-corrected chi connectivity index (χ1v) is 18.4. The van der Waals surface area contributed by atoms with Gasteiger partial charge in [0.1, 0.15) is 17.8 Å². The van der Waals surface area contributed by atoms with Crippen molar-refractivity contribution in [3.63, 3.8) is 0 Å². The lowest BCUT2D eigenvalue weighted by Gasteiger charge is -2.56. The summed E-state index contributed by atoms with van der Waals surface area (Å²) < 4.78 is 76.3. The lowest BCUT2D eigenvalue weighted by atomic mass is 9.71. The third-order valence-corrected chi connectivity index (χ3v) is 9.67. The highest BCUT2D eigenvalue weighted by Gasteiger charge is 2.64. The number of amides is 1. The second-order valence-electron chi connectivity index (χ2n) is 13.6. The number of carbonyl (C=O) groups excluding carboxylic acids is 1. The SMILES string of the molecule is [N-]=[N+]=N[C@H]1[C@H](OCc2ccccc2)[C@@H](OCc2ccccc2)[C@H](OCc2ccccc2)[C@](COCc2ccccc2)(OCc2ccccc2)[C@@H]1NC(=O)C(F)(F)F. The number of benzene rings is 5. The molecule has 57 heavy (non-hydrogen) atoms. The summed E-state index contributed by atoms with van der Waals surface area (Å²) in [6.45, 7) is -0.609. The molecule has 0 spiro atoms. The molecule has 1 N–H and O–H groups in total. The van der Waals surface area contributed by atoms with Crippen LogP contribution in [0, 0.1) is 0 Å². The van der Waals surface area contributed by atoms with E-state index in [0.717, 1.165) is 22.3 Å². The van der Waals surface area contributed by atoms with E-state index in [-0.39, 0.29) is 33.0 Å². The summed E-state index contributed by atoms with van der Waals surface area (Å²) in [6, 6.07) is 42.6. The molecule has 6 rings (SSSR count). The van der Waals surface area contributed by atoms with Gasteiger partial charge in [0.2, 0.25) is 0 Å². The van der Waals surface area contributed by atoms with Crippen LogP contribution >= 0.6 is 0 Å². The number of carbonyl (C=O) groups is 1. The molecule has 1 aliphatic carbocycles. The quantitative estimate of drug-likeness (QED) is 0.0540. The third-order valence-electron chi connectivity index (χ3n) is 9.67. The van der Waals surface area contributed by atoms with Gasteiger partial charge in [-0.3, -0.25) is 4.79 Å². The molecule has 13 heteroatoms. The average molecular weight is 781 g/mol. The minimum Gasteiger partial charge on any atom is -0.374 e. The van der Waals surface area contributed by atoms with Crippen LogP contribution in [0.5, 0.6) is 0 Å². The summed E-state index contributed by atoms with van der Waals surface area (Å²) in [5.41, 5.74) is 11.8. The lowest BCUT2D eigenvalue weighted by molar-refractivity contribution is -0.281. The molecule has 0 unspecified atom stereocenters. The Kier molecular flexibility index (Phi) is 14.5. The molecule has 5 aromatic rings. The highest BCUT2D eigenvalue weighted by molar-refractivity contribution is 5.82. The van der Waals surface area contributed by atoms with Gasteiger partial charge >= 0.3 is 12.1 Å². The first kappa shape index (κ1) is 41.1. The van der Waals surface area contributed by atoms with Crippen molar-refractivity contribution in [1.29, 1.82) is 0 Å². The van der Waals surface area contributed by atoms with Crippen LogP contribution in [0.25, 0.3) is 10.4 Å². The molecule has 0 saturated heterocycles. The second kappa shape index (κ2) is 20.1. The van der Waals surface area contributed by atoms with Crippen LogP contribution in [0.1, 0.15) is 27.8 Å². The van der Waals surface area contributed by atoms with Gasteiger partial charge in [0.05, 0.1) is 57.8 Å². The molecular formula is C44H43F3N4O6. The van der Waals surface area contributed by atoms with Gasteiger partial charge in [0.25, 0.3) is 0 Å². The number of hydrogen-bond acceptors (Lipinski definition) is 7. The van der Waals surface area contributed by atoms with Crippen LogP contribution in [0.4, 0.5) is 13.2 Å². The topological polar surface area (TPSA) is 124 Å². The van der Waals surface area contributed by atoms with Gasteiger partial charge in [-0.15, -0.1) is 0 Å². The van der Waals surface area contributed by atoms with Crippen molar-refractivity contribution in [3.05, 3.63) is 190 Å². The first-order valence-electron chi connectivity index (χ1n) is 18.4. The molecule has 5 aromatic carbocycles. The van der Waals surface area contributed by atoms with E-state index in [2.05, 4.69) is 15.3 Å². The molecule has 0 bridgehead atoms. The van der Waals surface area contributed by atoms with Crippen LogP contribution in [-0.4, -0.2) is 54.7 Å². The fraction of sp³-hybridized carbons (Fsp3) is 0.295. The fourth-order valence-corrected chi connectivity index (χ4v) is 6.91.